The Labute approximate surface area is 145 Å². The summed E-state index contributed by atoms with van der Waals surface area (Å²) in [6.45, 7) is 0.844. The molecule has 134 valence electrons. The number of nitrogens with zero attached hydrogens (tertiary/aromatic N) is 3. The number of benzene rings is 1. The fraction of sp³-hybridized carbons (Fsp3) is 0.312. The molecule has 1 heterocycles. The van der Waals surface area contributed by atoms with Crippen molar-refractivity contribution in [1.82, 2.24) is 15.1 Å². The smallest absolute Gasteiger partial charge is 0.251 e. The van der Waals surface area contributed by atoms with Crippen LogP contribution in [0.1, 0.15) is 10.4 Å². The van der Waals surface area contributed by atoms with E-state index in [1.54, 1.807) is 36.2 Å². The SMILES string of the molecule is CN1CCN(C(=O)CNC(=O)c2ccc(N(N)/C=C\N)cc2)CC1=O. The highest BCUT2D eigenvalue weighted by Gasteiger charge is 2.24. The lowest BCUT2D eigenvalue weighted by atomic mass is 10.2. The Morgan fingerprint density at radius 2 is 1.96 bits per heavy atom. The minimum absolute atomic E-state index is 0.0426. The average Bonchev–Trinajstić information content (AvgIpc) is 2.62. The highest BCUT2D eigenvalue weighted by molar-refractivity contribution is 5.97. The number of hydrogen-bond acceptors (Lipinski definition) is 6. The number of nitrogens with two attached hydrogens (primary N) is 2. The fourth-order valence-corrected chi connectivity index (χ4v) is 2.30. The van der Waals surface area contributed by atoms with Crippen LogP contribution in [-0.2, 0) is 9.59 Å². The standard InChI is InChI=1S/C16H22N6O3/c1-20-8-9-21(11-15(20)24)14(23)10-19-16(25)12-2-4-13(5-3-12)22(18)7-6-17/h2-7H,8-11,17-18H2,1H3,(H,19,25)/b7-6-. The van der Waals surface area contributed by atoms with Crippen LogP contribution in [0, 0.1) is 0 Å². The maximum atomic E-state index is 12.1. The fourth-order valence-electron chi connectivity index (χ4n) is 2.30. The van der Waals surface area contributed by atoms with Crippen LogP contribution in [0.15, 0.2) is 36.7 Å². The summed E-state index contributed by atoms with van der Waals surface area (Å²) >= 11 is 0. The summed E-state index contributed by atoms with van der Waals surface area (Å²) < 4.78 is 0. The van der Waals surface area contributed by atoms with Crippen molar-refractivity contribution in [3.63, 3.8) is 0 Å². The van der Waals surface area contributed by atoms with Gasteiger partial charge in [0.15, 0.2) is 0 Å². The molecular weight excluding hydrogens is 324 g/mol. The van der Waals surface area contributed by atoms with E-state index in [1.165, 1.54) is 22.3 Å². The van der Waals surface area contributed by atoms with Gasteiger partial charge in [-0.3, -0.25) is 19.4 Å². The number of carbonyl (C=O) groups is 3. The first kappa shape index (κ1) is 18.3. The van der Waals surface area contributed by atoms with Crippen molar-refractivity contribution >= 4 is 23.4 Å². The first-order chi connectivity index (χ1) is 11.9. The third kappa shape index (κ3) is 4.70. The normalized spacial score (nSPS) is 14.7. The number of carbonyl (C=O) groups excluding carboxylic acids is 3. The second-order valence-electron chi connectivity index (χ2n) is 5.61. The van der Waals surface area contributed by atoms with E-state index in [0.717, 1.165) is 0 Å². The molecule has 0 aromatic heterocycles. The minimum atomic E-state index is -0.377. The molecule has 1 aromatic rings. The van der Waals surface area contributed by atoms with Crippen molar-refractivity contribution in [2.45, 2.75) is 0 Å². The summed E-state index contributed by atoms with van der Waals surface area (Å²) in [5.41, 5.74) is 6.32. The zero-order valence-corrected chi connectivity index (χ0v) is 14.0. The van der Waals surface area contributed by atoms with Gasteiger partial charge in [0.2, 0.25) is 11.8 Å². The number of piperazine rings is 1. The lowest BCUT2D eigenvalue weighted by Crippen LogP contribution is -2.52. The van der Waals surface area contributed by atoms with Crippen LogP contribution in [-0.4, -0.2) is 60.7 Å². The third-order valence-corrected chi connectivity index (χ3v) is 3.88. The van der Waals surface area contributed by atoms with Crippen LogP contribution in [0.25, 0.3) is 0 Å². The summed E-state index contributed by atoms with van der Waals surface area (Å²) in [6.07, 6.45) is 2.78. The largest absolute Gasteiger partial charge is 0.403 e. The van der Waals surface area contributed by atoms with Gasteiger partial charge in [0.05, 0.1) is 18.8 Å². The van der Waals surface area contributed by atoms with Crippen molar-refractivity contribution in [2.24, 2.45) is 11.6 Å². The van der Waals surface area contributed by atoms with Crippen molar-refractivity contribution in [2.75, 3.05) is 38.2 Å². The molecular formula is C16H22N6O3. The molecule has 1 aromatic carbocycles. The molecule has 0 unspecified atom stereocenters. The van der Waals surface area contributed by atoms with Gasteiger partial charge in [-0.15, -0.1) is 0 Å². The van der Waals surface area contributed by atoms with E-state index < -0.39 is 0 Å². The van der Waals surface area contributed by atoms with Gasteiger partial charge in [-0.2, -0.15) is 0 Å². The Kier molecular flexibility index (Phi) is 5.96. The molecule has 0 spiro atoms. The molecule has 1 aliphatic rings. The molecule has 0 atom stereocenters. The molecule has 1 fully saturated rings. The zero-order chi connectivity index (χ0) is 18.4. The summed E-state index contributed by atoms with van der Waals surface area (Å²) in [7, 11) is 1.70. The molecule has 9 nitrogen and oxygen atoms in total. The van der Waals surface area contributed by atoms with Crippen LogP contribution in [0.2, 0.25) is 0 Å². The van der Waals surface area contributed by atoms with Crippen LogP contribution in [0.4, 0.5) is 5.69 Å². The second kappa shape index (κ2) is 8.15. The van der Waals surface area contributed by atoms with Gasteiger partial charge in [-0.25, -0.2) is 5.84 Å². The van der Waals surface area contributed by atoms with Gasteiger partial charge in [-0.05, 0) is 24.3 Å². The Hall–Kier alpha value is -3.07. The van der Waals surface area contributed by atoms with Crippen molar-refractivity contribution in [1.29, 1.82) is 0 Å². The van der Waals surface area contributed by atoms with Crippen molar-refractivity contribution < 1.29 is 14.4 Å². The molecule has 1 saturated heterocycles. The molecule has 1 aliphatic heterocycles. The van der Waals surface area contributed by atoms with E-state index in [9.17, 15) is 14.4 Å². The molecule has 0 radical (unpaired) electrons. The van der Waals surface area contributed by atoms with Crippen molar-refractivity contribution in [3.05, 3.63) is 42.2 Å². The molecule has 9 heteroatoms. The summed E-state index contributed by atoms with van der Waals surface area (Å²) in [5.74, 6) is 4.95. The van der Waals surface area contributed by atoms with Gasteiger partial charge >= 0.3 is 0 Å². The van der Waals surface area contributed by atoms with Gasteiger partial charge < -0.3 is 20.9 Å². The monoisotopic (exact) mass is 346 g/mol. The Bertz CT molecular complexity index is 673. The maximum Gasteiger partial charge on any atom is 0.251 e. The van der Waals surface area contributed by atoms with E-state index in [1.807, 2.05) is 0 Å². The molecule has 2 rings (SSSR count). The molecule has 25 heavy (non-hydrogen) atoms. The second-order valence-corrected chi connectivity index (χ2v) is 5.61. The van der Waals surface area contributed by atoms with Crippen LogP contribution >= 0.6 is 0 Å². The predicted molar refractivity (Wildman–Crippen MR) is 93.0 cm³/mol. The third-order valence-electron chi connectivity index (χ3n) is 3.88. The number of likely N-dealkylation sites (N-methyl/N-ethyl adjacent to an activating group) is 1. The summed E-state index contributed by atoms with van der Waals surface area (Å²) in [6, 6.07) is 6.52. The van der Waals surface area contributed by atoms with E-state index in [2.05, 4.69) is 5.32 Å². The molecule has 0 aliphatic carbocycles. The number of rotatable bonds is 5. The van der Waals surface area contributed by atoms with Crippen LogP contribution < -0.4 is 21.9 Å². The van der Waals surface area contributed by atoms with E-state index in [4.69, 9.17) is 11.6 Å². The summed E-state index contributed by atoms with van der Waals surface area (Å²) in [5, 5.41) is 3.88. The quantitative estimate of drug-likeness (QED) is 0.456. The van der Waals surface area contributed by atoms with Gasteiger partial charge in [0.1, 0.15) is 0 Å². The lowest BCUT2D eigenvalue weighted by molar-refractivity contribution is -0.143. The highest BCUT2D eigenvalue weighted by Crippen LogP contribution is 2.12. The number of nitrogens with one attached hydrogen (secondary N) is 1. The number of hydrazine groups is 1. The van der Waals surface area contributed by atoms with E-state index in [0.29, 0.717) is 24.3 Å². The molecule has 0 saturated carbocycles. The first-order valence-electron chi connectivity index (χ1n) is 7.74. The maximum absolute atomic E-state index is 12.1. The van der Waals surface area contributed by atoms with Crippen LogP contribution in [0.3, 0.4) is 0 Å². The Balaban J connectivity index is 1.87. The van der Waals surface area contributed by atoms with E-state index in [-0.39, 0.29) is 30.8 Å². The number of anilines is 1. The average molecular weight is 346 g/mol. The highest BCUT2D eigenvalue weighted by atomic mass is 16.2. The molecule has 5 N–H and O–H groups in total. The number of hydrogen-bond donors (Lipinski definition) is 3. The predicted octanol–water partition coefficient (Wildman–Crippen LogP) is -1.17. The topological polar surface area (TPSA) is 125 Å². The van der Waals surface area contributed by atoms with E-state index >= 15 is 0 Å². The minimum Gasteiger partial charge on any atom is -0.403 e. The summed E-state index contributed by atoms with van der Waals surface area (Å²) in [4.78, 5) is 38.9. The molecule has 0 bridgehead atoms. The Morgan fingerprint density at radius 1 is 1.28 bits per heavy atom. The number of amides is 3. The molecule has 3 amide bonds. The van der Waals surface area contributed by atoms with Gasteiger partial charge in [-0.1, -0.05) is 0 Å². The lowest BCUT2D eigenvalue weighted by Gasteiger charge is -2.32. The van der Waals surface area contributed by atoms with Crippen molar-refractivity contribution in [3.8, 4) is 0 Å². The van der Waals surface area contributed by atoms with Gasteiger partial charge in [0, 0.05) is 38.1 Å². The first-order valence-corrected chi connectivity index (χ1v) is 7.74. The zero-order valence-electron chi connectivity index (χ0n) is 14.0. The Morgan fingerprint density at radius 3 is 2.56 bits per heavy atom. The van der Waals surface area contributed by atoms with Gasteiger partial charge in [0.25, 0.3) is 5.91 Å². The van der Waals surface area contributed by atoms with Crippen LogP contribution in [0.5, 0.6) is 0 Å².